The summed E-state index contributed by atoms with van der Waals surface area (Å²) < 4.78 is 18.4. The lowest BCUT2D eigenvalue weighted by atomic mass is 9.85. The second-order valence-electron chi connectivity index (χ2n) is 5.97. The van der Waals surface area contributed by atoms with Crippen molar-refractivity contribution in [2.24, 2.45) is 5.92 Å². The Bertz CT molecular complexity index is 593. The van der Waals surface area contributed by atoms with Crippen molar-refractivity contribution < 1.29 is 23.8 Å². The molecule has 0 saturated carbocycles. The van der Waals surface area contributed by atoms with Crippen LogP contribution in [0, 0.1) is 11.7 Å². The van der Waals surface area contributed by atoms with Gasteiger partial charge in [0.25, 0.3) is 5.91 Å². The number of carboxylic acid groups (broad SMARTS) is 1. The summed E-state index contributed by atoms with van der Waals surface area (Å²) in [5.41, 5.74) is -0.910. The van der Waals surface area contributed by atoms with Gasteiger partial charge in [-0.3, -0.25) is 9.59 Å². The molecule has 0 aromatic heterocycles. The van der Waals surface area contributed by atoms with Crippen LogP contribution in [0.15, 0.2) is 18.2 Å². The van der Waals surface area contributed by atoms with Crippen LogP contribution < -0.4 is 10.1 Å². The summed E-state index contributed by atoms with van der Waals surface area (Å²) in [7, 11) is 0. The smallest absolute Gasteiger partial charge is 0.305 e. The Hall–Kier alpha value is -1.82. The number of nitrogens with one attached hydrogen (secondary N) is 1. The second-order valence-corrected chi connectivity index (χ2v) is 6.37. The number of amides is 1. The van der Waals surface area contributed by atoms with Gasteiger partial charge in [-0.25, -0.2) is 4.39 Å². The largest absolute Gasteiger partial charge is 0.481 e. The molecule has 7 heteroatoms. The van der Waals surface area contributed by atoms with E-state index in [-0.39, 0.29) is 23.1 Å². The van der Waals surface area contributed by atoms with Gasteiger partial charge in [-0.05, 0) is 38.0 Å². The van der Waals surface area contributed by atoms with Crippen molar-refractivity contribution in [3.05, 3.63) is 29.0 Å². The van der Waals surface area contributed by atoms with Gasteiger partial charge in [-0.15, -0.1) is 0 Å². The normalized spacial score (nSPS) is 14.9. The quantitative estimate of drug-likeness (QED) is 0.795. The molecule has 1 aromatic carbocycles. The number of halogens is 2. The van der Waals surface area contributed by atoms with E-state index >= 15 is 0 Å². The average molecular weight is 346 g/mol. The van der Waals surface area contributed by atoms with E-state index in [4.69, 9.17) is 21.4 Å². The fourth-order valence-corrected chi connectivity index (χ4v) is 2.12. The fourth-order valence-electron chi connectivity index (χ4n) is 1.90. The lowest BCUT2D eigenvalue weighted by molar-refractivity contribution is -0.140. The van der Waals surface area contributed by atoms with Crippen LogP contribution in [0.5, 0.6) is 5.75 Å². The Morgan fingerprint density at radius 1 is 1.39 bits per heavy atom. The van der Waals surface area contributed by atoms with Crippen molar-refractivity contribution >= 4 is 23.5 Å². The maximum atomic E-state index is 13.0. The number of carbonyl (C=O) groups is 2. The van der Waals surface area contributed by atoms with Crippen molar-refractivity contribution in [2.45, 2.75) is 45.8 Å². The van der Waals surface area contributed by atoms with Crippen molar-refractivity contribution in [1.82, 2.24) is 5.32 Å². The molecule has 0 aliphatic heterocycles. The third-order valence-electron chi connectivity index (χ3n) is 3.77. The van der Waals surface area contributed by atoms with Crippen LogP contribution in [0.3, 0.4) is 0 Å². The van der Waals surface area contributed by atoms with E-state index in [1.165, 1.54) is 19.1 Å². The van der Waals surface area contributed by atoms with Gasteiger partial charge in [0.05, 0.1) is 17.0 Å². The summed E-state index contributed by atoms with van der Waals surface area (Å²) in [5.74, 6) is -1.89. The number of benzene rings is 1. The van der Waals surface area contributed by atoms with Crippen molar-refractivity contribution in [3.8, 4) is 5.75 Å². The third kappa shape index (κ3) is 5.39. The highest BCUT2D eigenvalue weighted by Gasteiger charge is 2.34. The minimum Gasteiger partial charge on any atom is -0.481 e. The molecular weight excluding hydrogens is 325 g/mol. The van der Waals surface area contributed by atoms with E-state index in [9.17, 15) is 14.0 Å². The number of rotatable bonds is 7. The second kappa shape index (κ2) is 7.64. The molecule has 2 N–H and O–H groups in total. The molecule has 0 radical (unpaired) electrons. The minimum absolute atomic E-state index is 0.0572. The summed E-state index contributed by atoms with van der Waals surface area (Å²) >= 11 is 5.86. The van der Waals surface area contributed by atoms with E-state index in [2.05, 4.69) is 5.32 Å². The Labute approximate surface area is 139 Å². The number of carboxylic acids is 1. The predicted molar refractivity (Wildman–Crippen MR) is 85.1 cm³/mol. The van der Waals surface area contributed by atoms with Gasteiger partial charge < -0.3 is 15.2 Å². The zero-order valence-electron chi connectivity index (χ0n) is 13.5. The van der Waals surface area contributed by atoms with Gasteiger partial charge in [0.2, 0.25) is 0 Å². The Morgan fingerprint density at radius 3 is 2.48 bits per heavy atom. The molecule has 2 atom stereocenters. The monoisotopic (exact) mass is 345 g/mol. The zero-order valence-corrected chi connectivity index (χ0v) is 14.3. The van der Waals surface area contributed by atoms with Crippen LogP contribution in [-0.2, 0) is 9.59 Å². The molecule has 0 fully saturated rings. The molecule has 0 aliphatic carbocycles. The molecular formula is C16H21ClFNO4. The van der Waals surface area contributed by atoms with Crippen LogP contribution in [-0.4, -0.2) is 28.6 Å². The van der Waals surface area contributed by atoms with Crippen LogP contribution in [0.2, 0.25) is 5.02 Å². The molecule has 1 amide bonds. The van der Waals surface area contributed by atoms with E-state index in [1.807, 2.05) is 13.8 Å². The number of aliphatic carboxylic acids is 1. The van der Waals surface area contributed by atoms with Gasteiger partial charge in [0.1, 0.15) is 11.6 Å². The maximum Gasteiger partial charge on any atom is 0.305 e. The van der Waals surface area contributed by atoms with Crippen LogP contribution in [0.1, 0.15) is 34.1 Å². The molecule has 2 unspecified atom stereocenters. The minimum atomic E-state index is -1.00. The molecule has 128 valence electrons. The lowest BCUT2D eigenvalue weighted by Gasteiger charge is -2.34. The molecule has 0 bridgehead atoms. The van der Waals surface area contributed by atoms with Gasteiger partial charge >= 0.3 is 5.97 Å². The molecule has 5 nitrogen and oxygen atoms in total. The van der Waals surface area contributed by atoms with Gasteiger partial charge in [-0.1, -0.05) is 25.4 Å². The first-order chi connectivity index (χ1) is 10.5. The van der Waals surface area contributed by atoms with Crippen molar-refractivity contribution in [3.63, 3.8) is 0 Å². The molecule has 0 aliphatic rings. The first-order valence-corrected chi connectivity index (χ1v) is 7.58. The highest BCUT2D eigenvalue weighted by atomic mass is 35.5. The molecule has 0 saturated heterocycles. The number of hydrogen-bond donors (Lipinski definition) is 2. The number of carbonyl (C=O) groups excluding carboxylic acids is 1. The summed E-state index contributed by atoms with van der Waals surface area (Å²) in [6.45, 7) is 6.83. The van der Waals surface area contributed by atoms with E-state index < -0.39 is 29.3 Å². The average Bonchev–Trinajstić information content (AvgIpc) is 2.40. The number of ether oxygens (including phenoxy) is 1. The highest BCUT2D eigenvalue weighted by molar-refractivity contribution is 6.32. The summed E-state index contributed by atoms with van der Waals surface area (Å²) in [6, 6.07) is 3.60. The fraction of sp³-hybridized carbons (Fsp3) is 0.500. The maximum absolute atomic E-state index is 13.0. The van der Waals surface area contributed by atoms with Crippen LogP contribution in [0.25, 0.3) is 0 Å². The number of hydrogen-bond acceptors (Lipinski definition) is 3. The summed E-state index contributed by atoms with van der Waals surface area (Å²) in [5, 5.41) is 11.8. The predicted octanol–water partition coefficient (Wildman–Crippen LogP) is 3.25. The zero-order chi connectivity index (χ0) is 17.8. The van der Waals surface area contributed by atoms with Gasteiger partial charge in [0, 0.05) is 0 Å². The Morgan fingerprint density at radius 2 is 2.00 bits per heavy atom. The highest BCUT2D eigenvalue weighted by Crippen LogP contribution is 2.26. The topological polar surface area (TPSA) is 75.6 Å². The van der Waals surface area contributed by atoms with Crippen LogP contribution >= 0.6 is 11.6 Å². The van der Waals surface area contributed by atoms with Gasteiger partial charge in [-0.2, -0.15) is 0 Å². The van der Waals surface area contributed by atoms with Crippen LogP contribution in [0.4, 0.5) is 4.39 Å². The van der Waals surface area contributed by atoms with E-state index in [1.54, 1.807) is 6.92 Å². The molecule has 0 spiro atoms. The standard InChI is InChI=1S/C16H21ClFNO4/c1-9(2)16(4,8-14(20)21)19-15(22)10(3)23-13-6-5-11(18)7-12(13)17/h5-7,9-10H,8H2,1-4H3,(H,19,22)(H,20,21). The molecule has 0 heterocycles. The van der Waals surface area contributed by atoms with Gasteiger partial charge in [0.15, 0.2) is 6.10 Å². The van der Waals surface area contributed by atoms with Crippen molar-refractivity contribution in [1.29, 1.82) is 0 Å². The summed E-state index contributed by atoms with van der Waals surface area (Å²) in [4.78, 5) is 23.3. The first kappa shape index (κ1) is 19.2. The Kier molecular flexibility index (Phi) is 6.38. The molecule has 23 heavy (non-hydrogen) atoms. The third-order valence-corrected chi connectivity index (χ3v) is 4.06. The lowest BCUT2D eigenvalue weighted by Crippen LogP contribution is -2.54. The summed E-state index contributed by atoms with van der Waals surface area (Å²) in [6.07, 6.45) is -1.12. The molecule has 1 aromatic rings. The van der Waals surface area contributed by atoms with Crippen molar-refractivity contribution in [2.75, 3.05) is 0 Å². The molecule has 1 rings (SSSR count). The first-order valence-electron chi connectivity index (χ1n) is 7.20. The SMILES string of the molecule is CC(Oc1ccc(F)cc1Cl)C(=O)NC(C)(CC(=O)O)C(C)C. The Balaban J connectivity index is 2.81. The van der Waals surface area contributed by atoms with E-state index in [0.717, 1.165) is 6.07 Å². The van der Waals surface area contributed by atoms with E-state index in [0.29, 0.717) is 0 Å².